The van der Waals surface area contributed by atoms with E-state index in [1.807, 2.05) is 11.3 Å². The van der Waals surface area contributed by atoms with E-state index in [-0.39, 0.29) is 0 Å². The third-order valence-corrected chi connectivity index (χ3v) is 4.66. The molecule has 90 valence electrons. The van der Waals surface area contributed by atoms with E-state index in [4.69, 9.17) is 0 Å². The third-order valence-electron chi connectivity index (χ3n) is 3.79. The summed E-state index contributed by atoms with van der Waals surface area (Å²) < 4.78 is 0. The minimum Gasteiger partial charge on any atom is -0.309 e. The summed E-state index contributed by atoms with van der Waals surface area (Å²) in [5.74, 6) is 0.905. The summed E-state index contributed by atoms with van der Waals surface area (Å²) in [5, 5.41) is 5.85. The van der Waals surface area contributed by atoms with Crippen molar-refractivity contribution >= 4 is 11.3 Å². The number of hydrogen-bond donors (Lipinski definition) is 1. The van der Waals surface area contributed by atoms with Crippen molar-refractivity contribution in [1.29, 1.82) is 0 Å². The van der Waals surface area contributed by atoms with E-state index in [0.29, 0.717) is 6.04 Å². The summed E-state index contributed by atoms with van der Waals surface area (Å²) in [5.41, 5.74) is 0. The highest BCUT2D eigenvalue weighted by Gasteiger charge is 2.18. The number of thiophene rings is 1. The van der Waals surface area contributed by atoms with Crippen LogP contribution in [-0.2, 0) is 6.54 Å². The highest BCUT2D eigenvalue weighted by molar-refractivity contribution is 7.09. The minimum atomic E-state index is 0.681. The van der Waals surface area contributed by atoms with Crippen LogP contribution in [-0.4, -0.2) is 6.04 Å². The molecular formula is C14H23NS. The molecule has 1 heterocycles. The fourth-order valence-corrected chi connectivity index (χ4v) is 3.31. The van der Waals surface area contributed by atoms with Gasteiger partial charge in [0.25, 0.3) is 0 Å². The Bertz CT molecular complexity index is 273. The lowest BCUT2D eigenvalue weighted by molar-refractivity contribution is 0.337. The van der Waals surface area contributed by atoms with Crippen molar-refractivity contribution in [2.24, 2.45) is 5.92 Å². The fourth-order valence-electron chi connectivity index (χ4n) is 2.65. The summed E-state index contributed by atoms with van der Waals surface area (Å²) in [6, 6.07) is 5.04. The molecule has 0 radical (unpaired) electrons. The van der Waals surface area contributed by atoms with Gasteiger partial charge in [0.1, 0.15) is 0 Å². The van der Waals surface area contributed by atoms with Gasteiger partial charge in [0.15, 0.2) is 0 Å². The van der Waals surface area contributed by atoms with Crippen LogP contribution in [0.3, 0.4) is 0 Å². The molecule has 1 aromatic rings. The average molecular weight is 237 g/mol. The van der Waals surface area contributed by atoms with Crippen molar-refractivity contribution in [2.75, 3.05) is 0 Å². The van der Waals surface area contributed by atoms with E-state index in [9.17, 15) is 0 Å². The molecule has 2 rings (SSSR count). The molecule has 0 aromatic carbocycles. The smallest absolute Gasteiger partial charge is 0.0302 e. The molecule has 1 aliphatic rings. The van der Waals surface area contributed by atoms with E-state index in [1.165, 1.54) is 43.4 Å². The largest absolute Gasteiger partial charge is 0.309 e. The average Bonchev–Trinajstić information content (AvgIpc) is 2.66. The highest BCUT2D eigenvalue weighted by Crippen LogP contribution is 2.25. The molecule has 1 aromatic heterocycles. The standard InChI is InChI=1S/C14H23NS/c1-12(13-7-4-2-3-5-8-13)15-11-14-9-6-10-16-14/h6,9-10,12-13,15H,2-5,7-8,11H2,1H3/t12-/m1/s1. The Balaban J connectivity index is 1.75. The van der Waals surface area contributed by atoms with E-state index < -0.39 is 0 Å². The van der Waals surface area contributed by atoms with Gasteiger partial charge in [-0.1, -0.05) is 31.7 Å². The molecular weight excluding hydrogens is 214 g/mol. The molecule has 2 heteroatoms. The molecule has 1 nitrogen and oxygen atoms in total. The minimum absolute atomic E-state index is 0.681. The Labute approximate surface area is 103 Å². The van der Waals surface area contributed by atoms with Gasteiger partial charge in [-0.2, -0.15) is 0 Å². The molecule has 0 unspecified atom stereocenters. The van der Waals surface area contributed by atoms with Crippen molar-refractivity contribution < 1.29 is 0 Å². The lowest BCUT2D eigenvalue weighted by Crippen LogP contribution is -2.32. The molecule has 0 saturated heterocycles. The van der Waals surface area contributed by atoms with Gasteiger partial charge < -0.3 is 5.32 Å². The van der Waals surface area contributed by atoms with Crippen molar-refractivity contribution in [3.05, 3.63) is 22.4 Å². The molecule has 1 saturated carbocycles. The molecule has 1 fully saturated rings. The number of hydrogen-bond acceptors (Lipinski definition) is 2. The van der Waals surface area contributed by atoms with Gasteiger partial charge in [-0.25, -0.2) is 0 Å². The van der Waals surface area contributed by atoms with Crippen LogP contribution in [0.1, 0.15) is 50.3 Å². The van der Waals surface area contributed by atoms with Crippen LogP contribution in [0.4, 0.5) is 0 Å². The first kappa shape index (κ1) is 12.1. The van der Waals surface area contributed by atoms with E-state index in [0.717, 1.165) is 12.5 Å². The zero-order valence-corrected chi connectivity index (χ0v) is 11.1. The van der Waals surface area contributed by atoms with Crippen LogP contribution in [0.25, 0.3) is 0 Å². The van der Waals surface area contributed by atoms with Gasteiger partial charge >= 0.3 is 0 Å². The molecule has 1 N–H and O–H groups in total. The maximum Gasteiger partial charge on any atom is 0.0302 e. The normalized spacial score (nSPS) is 20.6. The maximum absolute atomic E-state index is 3.69. The van der Waals surface area contributed by atoms with Crippen molar-refractivity contribution in [3.63, 3.8) is 0 Å². The topological polar surface area (TPSA) is 12.0 Å². The van der Waals surface area contributed by atoms with Gasteiger partial charge in [-0.05, 0) is 37.1 Å². The zero-order valence-electron chi connectivity index (χ0n) is 10.2. The maximum atomic E-state index is 3.69. The molecule has 0 spiro atoms. The van der Waals surface area contributed by atoms with Crippen LogP contribution < -0.4 is 5.32 Å². The highest BCUT2D eigenvalue weighted by atomic mass is 32.1. The molecule has 16 heavy (non-hydrogen) atoms. The van der Waals surface area contributed by atoms with Gasteiger partial charge in [-0.15, -0.1) is 11.3 Å². The Morgan fingerprint density at radius 3 is 2.69 bits per heavy atom. The predicted molar refractivity (Wildman–Crippen MR) is 71.8 cm³/mol. The van der Waals surface area contributed by atoms with E-state index in [2.05, 4.69) is 29.8 Å². The Morgan fingerprint density at radius 2 is 2.06 bits per heavy atom. The second-order valence-corrected chi connectivity index (χ2v) is 6.03. The fraction of sp³-hybridized carbons (Fsp3) is 0.714. The number of nitrogens with one attached hydrogen (secondary N) is 1. The van der Waals surface area contributed by atoms with Gasteiger partial charge in [0.2, 0.25) is 0 Å². The monoisotopic (exact) mass is 237 g/mol. The lowest BCUT2D eigenvalue weighted by Gasteiger charge is -2.23. The van der Waals surface area contributed by atoms with Crippen molar-refractivity contribution in [2.45, 2.75) is 58.0 Å². The van der Waals surface area contributed by atoms with Crippen molar-refractivity contribution in [1.82, 2.24) is 5.32 Å². The summed E-state index contributed by atoms with van der Waals surface area (Å²) in [4.78, 5) is 1.46. The number of rotatable bonds is 4. The summed E-state index contributed by atoms with van der Waals surface area (Å²) in [6.07, 6.45) is 8.64. The van der Waals surface area contributed by atoms with Gasteiger partial charge in [0, 0.05) is 17.5 Å². The molecule has 1 aliphatic carbocycles. The summed E-state index contributed by atoms with van der Waals surface area (Å²) >= 11 is 1.85. The summed E-state index contributed by atoms with van der Waals surface area (Å²) in [6.45, 7) is 3.42. The predicted octanol–water partition coefficient (Wildman–Crippen LogP) is 4.20. The first-order valence-corrected chi connectivity index (χ1v) is 7.50. The quantitative estimate of drug-likeness (QED) is 0.774. The van der Waals surface area contributed by atoms with Crippen LogP contribution in [0.15, 0.2) is 17.5 Å². The molecule has 1 atom stereocenters. The Kier molecular flexibility index (Phi) is 4.86. The molecule has 0 amide bonds. The van der Waals surface area contributed by atoms with Crippen LogP contribution in [0, 0.1) is 5.92 Å². The molecule has 0 bridgehead atoms. The van der Waals surface area contributed by atoms with Gasteiger partial charge in [-0.3, -0.25) is 0 Å². The Hall–Kier alpha value is -0.340. The van der Waals surface area contributed by atoms with Crippen LogP contribution >= 0.6 is 11.3 Å². The molecule has 0 aliphatic heterocycles. The first-order chi connectivity index (χ1) is 7.86. The lowest BCUT2D eigenvalue weighted by atomic mass is 9.93. The van der Waals surface area contributed by atoms with Gasteiger partial charge in [0.05, 0.1) is 0 Å². The van der Waals surface area contributed by atoms with E-state index in [1.54, 1.807) is 0 Å². The van der Waals surface area contributed by atoms with E-state index >= 15 is 0 Å². The third kappa shape index (κ3) is 3.60. The second-order valence-electron chi connectivity index (χ2n) is 5.00. The first-order valence-electron chi connectivity index (χ1n) is 6.62. The van der Waals surface area contributed by atoms with Crippen LogP contribution in [0.2, 0.25) is 0 Å². The van der Waals surface area contributed by atoms with Crippen molar-refractivity contribution in [3.8, 4) is 0 Å². The SMILES string of the molecule is C[C@@H](NCc1cccs1)C1CCCCCC1. The zero-order chi connectivity index (χ0) is 11.2. The van der Waals surface area contributed by atoms with Crippen LogP contribution in [0.5, 0.6) is 0 Å². The summed E-state index contributed by atoms with van der Waals surface area (Å²) in [7, 11) is 0. The Morgan fingerprint density at radius 1 is 1.31 bits per heavy atom. The second kappa shape index (κ2) is 6.41.